The summed E-state index contributed by atoms with van der Waals surface area (Å²) in [5, 5.41) is 9.83. The SMILES string of the molecule is CN=C(NCCc1csc(C)n1)NCc1ccnc(OCc2ccccc2)c1.I. The topological polar surface area (TPSA) is 71.4 Å². The van der Waals surface area contributed by atoms with Crippen molar-refractivity contribution in [3.05, 3.63) is 75.9 Å². The number of benzene rings is 1. The molecule has 2 N–H and O–H groups in total. The third-order valence-electron chi connectivity index (χ3n) is 4.05. The van der Waals surface area contributed by atoms with Gasteiger partial charge in [0.15, 0.2) is 5.96 Å². The van der Waals surface area contributed by atoms with Crippen LogP contribution in [0.2, 0.25) is 0 Å². The molecule has 0 aliphatic rings. The van der Waals surface area contributed by atoms with Gasteiger partial charge in [-0.1, -0.05) is 30.3 Å². The van der Waals surface area contributed by atoms with Crippen molar-refractivity contribution in [1.82, 2.24) is 20.6 Å². The van der Waals surface area contributed by atoms with Gasteiger partial charge in [0.1, 0.15) is 6.61 Å². The van der Waals surface area contributed by atoms with Crippen LogP contribution in [0.4, 0.5) is 0 Å². The minimum atomic E-state index is 0. The molecule has 0 atom stereocenters. The first-order valence-corrected chi connectivity index (χ1v) is 10.1. The summed E-state index contributed by atoms with van der Waals surface area (Å²) in [6.07, 6.45) is 2.63. The van der Waals surface area contributed by atoms with E-state index in [0.29, 0.717) is 19.0 Å². The zero-order valence-electron chi connectivity index (χ0n) is 16.6. The normalized spacial score (nSPS) is 10.9. The summed E-state index contributed by atoms with van der Waals surface area (Å²) < 4.78 is 5.79. The monoisotopic (exact) mass is 523 g/mol. The quantitative estimate of drug-likeness (QED) is 0.266. The molecule has 0 aliphatic carbocycles. The van der Waals surface area contributed by atoms with E-state index in [1.54, 1.807) is 24.6 Å². The lowest BCUT2D eigenvalue weighted by Crippen LogP contribution is -2.37. The smallest absolute Gasteiger partial charge is 0.213 e. The van der Waals surface area contributed by atoms with Crippen LogP contribution in [0, 0.1) is 6.92 Å². The second-order valence-electron chi connectivity index (χ2n) is 6.24. The van der Waals surface area contributed by atoms with Crippen molar-refractivity contribution in [3.63, 3.8) is 0 Å². The Kier molecular flexibility index (Phi) is 9.85. The van der Waals surface area contributed by atoms with E-state index in [1.165, 1.54) is 0 Å². The summed E-state index contributed by atoms with van der Waals surface area (Å²) >= 11 is 1.68. The Morgan fingerprint density at radius 1 is 1.14 bits per heavy atom. The van der Waals surface area contributed by atoms with Crippen molar-refractivity contribution in [2.24, 2.45) is 4.99 Å². The second kappa shape index (κ2) is 12.4. The summed E-state index contributed by atoms with van der Waals surface area (Å²) in [7, 11) is 1.77. The van der Waals surface area contributed by atoms with Gasteiger partial charge in [-0.3, -0.25) is 4.99 Å². The van der Waals surface area contributed by atoms with Gasteiger partial charge in [0, 0.05) is 44.2 Å². The van der Waals surface area contributed by atoms with E-state index in [0.717, 1.165) is 40.8 Å². The number of nitrogens with one attached hydrogen (secondary N) is 2. The Labute approximate surface area is 192 Å². The van der Waals surface area contributed by atoms with E-state index in [1.807, 2.05) is 49.4 Å². The fourth-order valence-electron chi connectivity index (χ4n) is 2.61. The van der Waals surface area contributed by atoms with Crippen LogP contribution in [0.3, 0.4) is 0 Å². The largest absolute Gasteiger partial charge is 0.473 e. The Morgan fingerprint density at radius 2 is 1.97 bits per heavy atom. The second-order valence-corrected chi connectivity index (χ2v) is 7.30. The molecule has 2 aromatic heterocycles. The van der Waals surface area contributed by atoms with Crippen LogP contribution in [0.1, 0.15) is 21.8 Å². The predicted octanol–water partition coefficient (Wildman–Crippen LogP) is 3.95. The zero-order valence-corrected chi connectivity index (χ0v) is 19.7. The molecule has 0 unspecified atom stereocenters. The summed E-state index contributed by atoms with van der Waals surface area (Å²) in [6.45, 7) is 3.95. The number of thiazole rings is 1. The van der Waals surface area contributed by atoms with Gasteiger partial charge >= 0.3 is 0 Å². The summed E-state index contributed by atoms with van der Waals surface area (Å²) in [5.74, 6) is 1.38. The molecule has 0 saturated heterocycles. The van der Waals surface area contributed by atoms with Crippen molar-refractivity contribution >= 4 is 41.3 Å². The lowest BCUT2D eigenvalue weighted by Gasteiger charge is -2.12. The maximum absolute atomic E-state index is 5.79. The van der Waals surface area contributed by atoms with Crippen molar-refractivity contribution < 1.29 is 4.74 Å². The highest BCUT2D eigenvalue weighted by atomic mass is 127. The molecule has 8 heteroatoms. The Hall–Kier alpha value is -2.20. The minimum Gasteiger partial charge on any atom is -0.473 e. The minimum absolute atomic E-state index is 0. The first kappa shape index (κ1) is 23.1. The van der Waals surface area contributed by atoms with Gasteiger partial charge in [-0.25, -0.2) is 9.97 Å². The van der Waals surface area contributed by atoms with Crippen LogP contribution in [-0.4, -0.2) is 29.5 Å². The highest BCUT2D eigenvalue weighted by Crippen LogP contribution is 2.12. The van der Waals surface area contributed by atoms with Gasteiger partial charge < -0.3 is 15.4 Å². The highest BCUT2D eigenvalue weighted by Gasteiger charge is 2.03. The van der Waals surface area contributed by atoms with Gasteiger partial charge in [0.2, 0.25) is 5.88 Å². The molecule has 0 aliphatic heterocycles. The van der Waals surface area contributed by atoms with Gasteiger partial charge in [0.25, 0.3) is 0 Å². The number of aryl methyl sites for hydroxylation is 1. The van der Waals surface area contributed by atoms with E-state index >= 15 is 0 Å². The Balaban J connectivity index is 0.00000300. The van der Waals surface area contributed by atoms with Crippen LogP contribution >= 0.6 is 35.3 Å². The van der Waals surface area contributed by atoms with E-state index < -0.39 is 0 Å². The number of pyridine rings is 1. The average Bonchev–Trinajstić information content (AvgIpc) is 3.15. The third-order valence-corrected chi connectivity index (χ3v) is 4.87. The first-order chi connectivity index (χ1) is 13.7. The molecule has 0 fully saturated rings. The molecule has 3 rings (SSSR count). The van der Waals surface area contributed by atoms with E-state index in [4.69, 9.17) is 4.74 Å². The average molecular weight is 523 g/mol. The summed E-state index contributed by atoms with van der Waals surface area (Å²) in [4.78, 5) is 13.0. The molecule has 0 radical (unpaired) electrons. The molecular weight excluding hydrogens is 497 g/mol. The maximum Gasteiger partial charge on any atom is 0.213 e. The predicted molar refractivity (Wildman–Crippen MR) is 129 cm³/mol. The van der Waals surface area contributed by atoms with E-state index in [-0.39, 0.29) is 24.0 Å². The van der Waals surface area contributed by atoms with E-state index in [9.17, 15) is 0 Å². The molecule has 0 bridgehead atoms. The van der Waals surface area contributed by atoms with E-state index in [2.05, 4.69) is 31.0 Å². The molecule has 154 valence electrons. The van der Waals surface area contributed by atoms with Gasteiger partial charge in [-0.15, -0.1) is 35.3 Å². The molecule has 3 aromatic rings. The number of aliphatic imine (C=N–C) groups is 1. The number of ether oxygens (including phenoxy) is 1. The fraction of sp³-hybridized carbons (Fsp3) is 0.286. The number of hydrogen-bond donors (Lipinski definition) is 2. The number of hydrogen-bond acceptors (Lipinski definition) is 5. The zero-order chi connectivity index (χ0) is 19.6. The molecule has 1 aromatic carbocycles. The van der Waals surface area contributed by atoms with Crippen molar-refractivity contribution in [3.8, 4) is 5.88 Å². The summed E-state index contributed by atoms with van der Waals surface area (Å²) in [5.41, 5.74) is 3.31. The Morgan fingerprint density at radius 3 is 2.69 bits per heavy atom. The summed E-state index contributed by atoms with van der Waals surface area (Å²) in [6, 6.07) is 14.0. The molecule has 2 heterocycles. The standard InChI is InChI=1S/C21H25N5OS.HI/c1-16-26-19(15-28-16)9-11-24-21(22-2)25-13-18-8-10-23-20(12-18)27-14-17-6-4-3-5-7-17;/h3-8,10,12,15H,9,11,13-14H2,1-2H3,(H2,22,24,25);1H. The maximum atomic E-state index is 5.79. The molecule has 0 saturated carbocycles. The molecule has 0 amide bonds. The first-order valence-electron chi connectivity index (χ1n) is 9.20. The van der Waals surface area contributed by atoms with Crippen molar-refractivity contribution in [2.75, 3.05) is 13.6 Å². The number of rotatable bonds is 8. The lowest BCUT2D eigenvalue weighted by molar-refractivity contribution is 0.293. The lowest BCUT2D eigenvalue weighted by atomic mass is 10.2. The molecule has 6 nitrogen and oxygen atoms in total. The van der Waals surface area contributed by atoms with Crippen LogP contribution in [0.15, 0.2) is 59.0 Å². The van der Waals surface area contributed by atoms with Crippen molar-refractivity contribution in [2.45, 2.75) is 26.5 Å². The molecule has 29 heavy (non-hydrogen) atoms. The van der Waals surface area contributed by atoms with Gasteiger partial charge in [-0.05, 0) is 24.1 Å². The fourth-order valence-corrected chi connectivity index (χ4v) is 3.26. The number of guanidine groups is 1. The number of aromatic nitrogens is 2. The van der Waals surface area contributed by atoms with Crippen LogP contribution in [0.5, 0.6) is 5.88 Å². The number of halogens is 1. The van der Waals surface area contributed by atoms with Crippen LogP contribution in [-0.2, 0) is 19.6 Å². The van der Waals surface area contributed by atoms with Gasteiger partial charge in [-0.2, -0.15) is 0 Å². The van der Waals surface area contributed by atoms with Gasteiger partial charge in [0.05, 0.1) is 10.7 Å². The Bertz CT molecular complexity index is 901. The highest BCUT2D eigenvalue weighted by molar-refractivity contribution is 14.0. The third kappa shape index (κ3) is 7.98. The molecular formula is C21H26IN5OS. The van der Waals surface area contributed by atoms with Crippen LogP contribution < -0.4 is 15.4 Å². The van der Waals surface area contributed by atoms with Crippen molar-refractivity contribution in [1.29, 1.82) is 0 Å². The van der Waals surface area contributed by atoms with Crippen LogP contribution in [0.25, 0.3) is 0 Å². The molecule has 0 spiro atoms. The number of nitrogens with zero attached hydrogens (tertiary/aromatic N) is 3.